The molecule has 2 aromatic carbocycles. The zero-order valence-electron chi connectivity index (χ0n) is 14.4. The van der Waals surface area contributed by atoms with Crippen molar-refractivity contribution in [2.24, 2.45) is 0 Å². The lowest BCUT2D eigenvalue weighted by Crippen LogP contribution is -2.28. The summed E-state index contributed by atoms with van der Waals surface area (Å²) in [6, 6.07) is 7.66. The zero-order valence-corrected chi connectivity index (χ0v) is 15.3. The standard InChI is InChI=1S/C17H18F3NO5S/c1-25-15-8-3-11(9-16(15)26-2)14(22)10-21-27(23,24)13-6-4-12(5-7-13)17(18,19)20/h3-9,14,21-22H,10H2,1-2H3. The zero-order chi connectivity index (χ0) is 20.2. The molecule has 10 heteroatoms. The van der Waals surface area contributed by atoms with E-state index >= 15 is 0 Å². The van der Waals surface area contributed by atoms with E-state index in [9.17, 15) is 26.7 Å². The second kappa shape index (κ2) is 8.15. The van der Waals surface area contributed by atoms with Gasteiger partial charge in [0.05, 0.1) is 30.8 Å². The Kier molecular flexibility index (Phi) is 6.34. The number of hydrogen-bond donors (Lipinski definition) is 2. The summed E-state index contributed by atoms with van der Waals surface area (Å²) in [5, 5.41) is 10.2. The minimum atomic E-state index is -4.56. The molecule has 0 spiro atoms. The molecule has 0 radical (unpaired) electrons. The SMILES string of the molecule is COc1ccc(C(O)CNS(=O)(=O)c2ccc(C(F)(F)F)cc2)cc1OC. The molecule has 27 heavy (non-hydrogen) atoms. The normalized spacial score (nSPS) is 13.3. The maximum atomic E-state index is 12.6. The Morgan fingerprint density at radius 3 is 2.15 bits per heavy atom. The van der Waals surface area contributed by atoms with E-state index in [1.165, 1.54) is 20.3 Å². The fraction of sp³-hybridized carbons (Fsp3) is 0.294. The van der Waals surface area contributed by atoms with E-state index in [-0.39, 0.29) is 11.4 Å². The van der Waals surface area contributed by atoms with Gasteiger partial charge >= 0.3 is 6.18 Å². The van der Waals surface area contributed by atoms with E-state index in [1.54, 1.807) is 12.1 Å². The number of rotatable bonds is 7. The van der Waals surface area contributed by atoms with Crippen LogP contribution in [0.2, 0.25) is 0 Å². The monoisotopic (exact) mass is 405 g/mol. The van der Waals surface area contributed by atoms with E-state index in [4.69, 9.17) is 9.47 Å². The number of sulfonamides is 1. The number of hydrogen-bond acceptors (Lipinski definition) is 5. The first kappa shape index (κ1) is 21.0. The van der Waals surface area contributed by atoms with Gasteiger partial charge in [-0.2, -0.15) is 13.2 Å². The summed E-state index contributed by atoms with van der Waals surface area (Å²) >= 11 is 0. The summed E-state index contributed by atoms with van der Waals surface area (Å²) in [6.07, 6.45) is -5.76. The van der Waals surface area contributed by atoms with E-state index < -0.39 is 27.9 Å². The molecule has 148 valence electrons. The molecule has 2 N–H and O–H groups in total. The van der Waals surface area contributed by atoms with Gasteiger partial charge in [-0.3, -0.25) is 0 Å². The highest BCUT2D eigenvalue weighted by Crippen LogP contribution is 2.31. The molecule has 2 rings (SSSR count). The molecule has 0 aliphatic heterocycles. The molecule has 1 atom stereocenters. The number of ether oxygens (including phenoxy) is 2. The van der Waals surface area contributed by atoms with Crippen LogP contribution < -0.4 is 14.2 Å². The van der Waals surface area contributed by atoms with Crippen molar-refractivity contribution >= 4 is 10.0 Å². The van der Waals surface area contributed by atoms with Crippen molar-refractivity contribution in [2.45, 2.75) is 17.2 Å². The van der Waals surface area contributed by atoms with Crippen molar-refractivity contribution in [3.05, 3.63) is 53.6 Å². The van der Waals surface area contributed by atoms with Gasteiger partial charge in [-0.05, 0) is 42.0 Å². The minimum absolute atomic E-state index is 0.338. The number of methoxy groups -OCH3 is 2. The molecule has 0 amide bonds. The van der Waals surface area contributed by atoms with E-state index in [2.05, 4.69) is 4.72 Å². The molecule has 0 aliphatic carbocycles. The van der Waals surface area contributed by atoms with Crippen LogP contribution in [0.1, 0.15) is 17.2 Å². The van der Waals surface area contributed by atoms with Crippen molar-refractivity contribution in [3.63, 3.8) is 0 Å². The molecule has 0 saturated carbocycles. The van der Waals surface area contributed by atoms with Crippen LogP contribution in [-0.4, -0.2) is 34.3 Å². The topological polar surface area (TPSA) is 84.9 Å². The van der Waals surface area contributed by atoms with E-state index in [0.717, 1.165) is 12.1 Å². The fourth-order valence-corrected chi connectivity index (χ4v) is 3.31. The van der Waals surface area contributed by atoms with E-state index in [1.807, 2.05) is 0 Å². The maximum absolute atomic E-state index is 12.6. The summed E-state index contributed by atoms with van der Waals surface area (Å²) in [5.74, 6) is 0.804. The number of aliphatic hydroxyl groups excluding tert-OH is 1. The quantitative estimate of drug-likeness (QED) is 0.740. The molecule has 0 saturated heterocycles. The van der Waals surface area contributed by atoms with Crippen molar-refractivity contribution in [1.82, 2.24) is 4.72 Å². The third-order valence-electron chi connectivity index (χ3n) is 3.75. The van der Waals surface area contributed by atoms with Gasteiger partial charge in [0.1, 0.15) is 0 Å². The third kappa shape index (κ3) is 5.12. The largest absolute Gasteiger partial charge is 0.493 e. The predicted molar refractivity (Wildman–Crippen MR) is 91.1 cm³/mol. The number of nitrogens with one attached hydrogen (secondary N) is 1. The minimum Gasteiger partial charge on any atom is -0.493 e. The molecular weight excluding hydrogens is 387 g/mol. The molecule has 0 aliphatic rings. The smallest absolute Gasteiger partial charge is 0.416 e. The summed E-state index contributed by atoms with van der Waals surface area (Å²) < 4.78 is 74.4. The summed E-state index contributed by atoms with van der Waals surface area (Å²) in [6.45, 7) is -0.376. The van der Waals surface area contributed by atoms with Crippen molar-refractivity contribution in [2.75, 3.05) is 20.8 Å². The molecule has 0 aromatic heterocycles. The highest BCUT2D eigenvalue weighted by Gasteiger charge is 2.30. The first-order valence-corrected chi connectivity index (χ1v) is 9.13. The number of aliphatic hydroxyl groups is 1. The Morgan fingerprint density at radius 2 is 1.63 bits per heavy atom. The van der Waals surface area contributed by atoms with Crippen molar-refractivity contribution in [1.29, 1.82) is 0 Å². The van der Waals surface area contributed by atoms with Crippen LogP contribution >= 0.6 is 0 Å². The maximum Gasteiger partial charge on any atom is 0.416 e. The van der Waals surface area contributed by atoms with Gasteiger partial charge in [-0.15, -0.1) is 0 Å². The summed E-state index contributed by atoms with van der Waals surface area (Å²) in [4.78, 5) is -0.338. The highest BCUT2D eigenvalue weighted by molar-refractivity contribution is 7.89. The molecule has 0 bridgehead atoms. The third-order valence-corrected chi connectivity index (χ3v) is 5.19. The number of alkyl halides is 3. The predicted octanol–water partition coefficient (Wildman–Crippen LogP) is 2.73. The van der Waals surface area contributed by atoms with Crippen LogP contribution in [-0.2, 0) is 16.2 Å². The Labute approximate surface area is 154 Å². The lowest BCUT2D eigenvalue weighted by molar-refractivity contribution is -0.137. The van der Waals surface area contributed by atoms with Crippen LogP contribution in [0.4, 0.5) is 13.2 Å². The van der Waals surface area contributed by atoms with Crippen LogP contribution in [0.15, 0.2) is 47.4 Å². The first-order valence-electron chi connectivity index (χ1n) is 7.65. The Balaban J connectivity index is 2.10. The van der Waals surface area contributed by atoms with Gasteiger partial charge in [0.2, 0.25) is 10.0 Å². The number of benzene rings is 2. The molecule has 2 aromatic rings. The Hall–Kier alpha value is -2.30. The summed E-state index contributed by atoms with van der Waals surface area (Å²) in [7, 11) is -1.22. The van der Waals surface area contributed by atoms with Crippen LogP contribution in [0.3, 0.4) is 0 Å². The Morgan fingerprint density at radius 1 is 1.04 bits per heavy atom. The van der Waals surface area contributed by atoms with E-state index in [0.29, 0.717) is 29.2 Å². The highest BCUT2D eigenvalue weighted by atomic mass is 32.2. The van der Waals surface area contributed by atoms with Crippen molar-refractivity contribution in [3.8, 4) is 11.5 Å². The molecule has 6 nitrogen and oxygen atoms in total. The molecule has 0 heterocycles. The first-order chi connectivity index (χ1) is 12.6. The van der Waals surface area contributed by atoms with Gasteiger partial charge in [-0.25, -0.2) is 13.1 Å². The van der Waals surface area contributed by atoms with Gasteiger partial charge in [-0.1, -0.05) is 6.07 Å². The van der Waals surface area contributed by atoms with Crippen LogP contribution in [0.5, 0.6) is 11.5 Å². The van der Waals surface area contributed by atoms with Gasteiger partial charge in [0, 0.05) is 6.54 Å². The fourth-order valence-electron chi connectivity index (χ4n) is 2.27. The van der Waals surface area contributed by atoms with Crippen molar-refractivity contribution < 1.29 is 36.2 Å². The van der Waals surface area contributed by atoms with Gasteiger partial charge in [0.15, 0.2) is 11.5 Å². The summed E-state index contributed by atoms with van der Waals surface area (Å²) in [5.41, 5.74) is -0.574. The molecule has 0 fully saturated rings. The number of halogens is 3. The van der Waals surface area contributed by atoms with Crippen LogP contribution in [0, 0.1) is 0 Å². The lowest BCUT2D eigenvalue weighted by atomic mass is 10.1. The molecular formula is C17H18F3NO5S. The van der Waals surface area contributed by atoms with Gasteiger partial charge in [0.25, 0.3) is 0 Å². The molecule has 1 unspecified atom stereocenters. The second-order valence-corrected chi connectivity index (χ2v) is 7.27. The van der Waals surface area contributed by atoms with Gasteiger partial charge < -0.3 is 14.6 Å². The average molecular weight is 405 g/mol. The van der Waals surface area contributed by atoms with Crippen LogP contribution in [0.25, 0.3) is 0 Å². The Bertz CT molecular complexity index is 882. The second-order valence-electron chi connectivity index (χ2n) is 5.50. The average Bonchev–Trinajstić information content (AvgIpc) is 2.65. The lowest BCUT2D eigenvalue weighted by Gasteiger charge is -2.15.